The first-order chi connectivity index (χ1) is 11.9. The minimum Gasteiger partial charge on any atom is -0.369 e. The molecule has 2 heterocycles. The molecule has 1 N–H and O–H groups in total. The van der Waals surface area contributed by atoms with Crippen LogP contribution in [-0.4, -0.2) is 53.7 Å². The summed E-state index contributed by atoms with van der Waals surface area (Å²) in [6.07, 6.45) is 0. The number of hydrogen-bond donors (Lipinski definition) is 1. The largest absolute Gasteiger partial charge is 0.369 e. The van der Waals surface area contributed by atoms with Crippen LogP contribution in [0, 0.1) is 6.92 Å². The maximum atomic E-state index is 11.9. The standard InChI is InChI=1S/C17H21N5O2S/c1-13-11-17-19-15(14-7-5-4-6-8-14)12-16(22(17)20-13)18-9-10-25(23,24)21(2)3/h4-8,11-12,18H,9-10H2,1-3H3. The van der Waals surface area contributed by atoms with E-state index < -0.39 is 10.0 Å². The molecule has 2 aromatic heterocycles. The molecule has 3 aromatic rings. The van der Waals surface area contributed by atoms with Gasteiger partial charge in [0.1, 0.15) is 5.82 Å². The number of nitrogens with zero attached hydrogens (tertiary/aromatic N) is 4. The summed E-state index contributed by atoms with van der Waals surface area (Å²) in [4.78, 5) is 4.65. The Hall–Kier alpha value is -2.45. The van der Waals surface area contributed by atoms with Gasteiger partial charge in [0, 0.05) is 38.3 Å². The molecule has 8 heteroatoms. The number of aromatic nitrogens is 3. The van der Waals surface area contributed by atoms with Gasteiger partial charge in [-0.3, -0.25) is 0 Å². The Morgan fingerprint density at radius 2 is 1.88 bits per heavy atom. The molecule has 3 rings (SSSR count). The lowest BCUT2D eigenvalue weighted by atomic mass is 10.1. The van der Waals surface area contributed by atoms with Gasteiger partial charge in [0.15, 0.2) is 5.65 Å². The van der Waals surface area contributed by atoms with E-state index in [1.54, 1.807) is 4.52 Å². The van der Waals surface area contributed by atoms with E-state index in [0.717, 1.165) is 22.6 Å². The summed E-state index contributed by atoms with van der Waals surface area (Å²) in [6.45, 7) is 2.18. The maximum Gasteiger partial charge on any atom is 0.215 e. The monoisotopic (exact) mass is 359 g/mol. The minimum absolute atomic E-state index is 0.00470. The van der Waals surface area contributed by atoms with Crippen LogP contribution in [0.3, 0.4) is 0 Å². The van der Waals surface area contributed by atoms with Crippen molar-refractivity contribution in [1.29, 1.82) is 0 Å². The highest BCUT2D eigenvalue weighted by molar-refractivity contribution is 7.89. The van der Waals surface area contributed by atoms with Gasteiger partial charge in [0.05, 0.1) is 17.1 Å². The van der Waals surface area contributed by atoms with E-state index in [2.05, 4.69) is 15.4 Å². The molecular formula is C17H21N5O2S. The van der Waals surface area contributed by atoms with E-state index in [-0.39, 0.29) is 12.3 Å². The lowest BCUT2D eigenvalue weighted by molar-refractivity contribution is 0.521. The average Bonchev–Trinajstić information content (AvgIpc) is 2.95. The first kappa shape index (κ1) is 17.4. The highest BCUT2D eigenvalue weighted by Gasteiger charge is 2.14. The van der Waals surface area contributed by atoms with Gasteiger partial charge < -0.3 is 5.32 Å². The van der Waals surface area contributed by atoms with Gasteiger partial charge in [-0.25, -0.2) is 17.7 Å². The van der Waals surface area contributed by atoms with Crippen molar-refractivity contribution in [2.45, 2.75) is 6.92 Å². The Morgan fingerprint density at radius 3 is 2.56 bits per heavy atom. The van der Waals surface area contributed by atoms with Crippen molar-refractivity contribution < 1.29 is 8.42 Å². The minimum atomic E-state index is -3.25. The van der Waals surface area contributed by atoms with Crippen LogP contribution in [0.4, 0.5) is 5.82 Å². The summed E-state index contributed by atoms with van der Waals surface area (Å²) in [6, 6.07) is 13.6. The lowest BCUT2D eigenvalue weighted by Gasteiger charge is -2.13. The van der Waals surface area contributed by atoms with E-state index in [4.69, 9.17) is 0 Å². The zero-order valence-corrected chi connectivity index (χ0v) is 15.3. The van der Waals surface area contributed by atoms with Crippen LogP contribution < -0.4 is 5.32 Å². The molecule has 0 saturated carbocycles. The molecule has 0 unspecified atom stereocenters. The number of anilines is 1. The Kier molecular flexibility index (Phi) is 4.73. The molecule has 0 amide bonds. The smallest absolute Gasteiger partial charge is 0.215 e. The number of rotatable bonds is 6. The highest BCUT2D eigenvalue weighted by atomic mass is 32.2. The zero-order chi connectivity index (χ0) is 18.0. The second-order valence-electron chi connectivity index (χ2n) is 5.97. The van der Waals surface area contributed by atoms with Crippen molar-refractivity contribution in [1.82, 2.24) is 18.9 Å². The van der Waals surface area contributed by atoms with Gasteiger partial charge in [-0.1, -0.05) is 30.3 Å². The van der Waals surface area contributed by atoms with Gasteiger partial charge >= 0.3 is 0 Å². The Morgan fingerprint density at radius 1 is 1.16 bits per heavy atom. The molecule has 7 nitrogen and oxygen atoms in total. The lowest BCUT2D eigenvalue weighted by Crippen LogP contribution is -2.28. The van der Waals surface area contributed by atoms with Gasteiger partial charge in [-0.2, -0.15) is 9.61 Å². The van der Waals surface area contributed by atoms with Gasteiger partial charge in [-0.15, -0.1) is 0 Å². The van der Waals surface area contributed by atoms with Crippen LogP contribution in [0.5, 0.6) is 0 Å². The molecule has 0 aliphatic heterocycles. The maximum absolute atomic E-state index is 11.9. The van der Waals surface area contributed by atoms with E-state index in [0.29, 0.717) is 5.82 Å². The summed E-state index contributed by atoms with van der Waals surface area (Å²) in [5.74, 6) is 0.719. The number of benzene rings is 1. The summed E-state index contributed by atoms with van der Waals surface area (Å²) < 4.78 is 26.8. The number of aryl methyl sites for hydroxylation is 1. The molecule has 0 aliphatic carbocycles. The van der Waals surface area contributed by atoms with E-state index in [9.17, 15) is 8.42 Å². The second-order valence-corrected chi connectivity index (χ2v) is 8.28. The molecule has 0 bridgehead atoms. The Bertz CT molecular complexity index is 981. The van der Waals surface area contributed by atoms with E-state index >= 15 is 0 Å². The van der Waals surface area contributed by atoms with Gasteiger partial charge in [-0.05, 0) is 6.92 Å². The molecule has 25 heavy (non-hydrogen) atoms. The molecule has 0 spiro atoms. The van der Waals surface area contributed by atoms with Crippen molar-refractivity contribution in [3.63, 3.8) is 0 Å². The molecule has 1 aromatic carbocycles. The van der Waals surface area contributed by atoms with Crippen molar-refractivity contribution in [3.8, 4) is 11.3 Å². The van der Waals surface area contributed by atoms with E-state index in [1.165, 1.54) is 18.4 Å². The summed E-state index contributed by atoms with van der Waals surface area (Å²) in [5.41, 5.74) is 3.37. The second kappa shape index (κ2) is 6.81. The Balaban J connectivity index is 1.93. The molecular weight excluding hydrogens is 338 g/mol. The number of nitrogens with one attached hydrogen (secondary N) is 1. The highest BCUT2D eigenvalue weighted by Crippen LogP contribution is 2.22. The number of hydrogen-bond acceptors (Lipinski definition) is 5. The fourth-order valence-corrected chi connectivity index (χ4v) is 3.19. The third kappa shape index (κ3) is 3.80. The van der Waals surface area contributed by atoms with Gasteiger partial charge in [0.25, 0.3) is 0 Å². The fraction of sp³-hybridized carbons (Fsp3) is 0.294. The summed E-state index contributed by atoms with van der Waals surface area (Å²) >= 11 is 0. The Labute approximate surface area is 147 Å². The van der Waals surface area contributed by atoms with Crippen LogP contribution in [0.25, 0.3) is 16.9 Å². The third-order valence-electron chi connectivity index (χ3n) is 3.84. The molecule has 0 saturated heterocycles. The van der Waals surface area contributed by atoms with Crippen LogP contribution in [0.15, 0.2) is 42.5 Å². The van der Waals surface area contributed by atoms with Crippen LogP contribution in [-0.2, 0) is 10.0 Å². The molecule has 0 atom stereocenters. The summed E-state index contributed by atoms with van der Waals surface area (Å²) in [7, 11) is -0.189. The summed E-state index contributed by atoms with van der Waals surface area (Å²) in [5, 5.41) is 7.61. The first-order valence-electron chi connectivity index (χ1n) is 7.94. The molecule has 132 valence electrons. The van der Waals surface area contributed by atoms with Gasteiger partial charge in [0.2, 0.25) is 10.0 Å². The van der Waals surface area contributed by atoms with Crippen molar-refractivity contribution in [3.05, 3.63) is 48.2 Å². The zero-order valence-electron chi connectivity index (χ0n) is 14.5. The SMILES string of the molecule is Cc1cc2nc(-c3ccccc3)cc(NCCS(=O)(=O)N(C)C)n2n1. The molecule has 0 radical (unpaired) electrons. The third-order valence-corrected chi connectivity index (χ3v) is 5.67. The average molecular weight is 359 g/mol. The fourth-order valence-electron chi connectivity index (χ4n) is 2.46. The molecule has 0 aliphatic rings. The normalized spacial score (nSPS) is 12.0. The predicted octanol–water partition coefficient (Wildman–Crippen LogP) is 2.01. The van der Waals surface area contributed by atoms with Crippen molar-refractivity contribution >= 4 is 21.5 Å². The topological polar surface area (TPSA) is 79.6 Å². The van der Waals surface area contributed by atoms with Crippen molar-refractivity contribution in [2.24, 2.45) is 0 Å². The van der Waals surface area contributed by atoms with Crippen LogP contribution in [0.1, 0.15) is 5.69 Å². The van der Waals surface area contributed by atoms with Crippen LogP contribution in [0.2, 0.25) is 0 Å². The number of fused-ring (bicyclic) bond motifs is 1. The quantitative estimate of drug-likeness (QED) is 0.728. The number of sulfonamides is 1. The van der Waals surface area contributed by atoms with Crippen LogP contribution >= 0.6 is 0 Å². The molecule has 0 fully saturated rings. The first-order valence-corrected chi connectivity index (χ1v) is 9.55. The van der Waals surface area contributed by atoms with Crippen molar-refractivity contribution in [2.75, 3.05) is 31.7 Å². The predicted molar refractivity (Wildman–Crippen MR) is 99.1 cm³/mol. The van der Waals surface area contributed by atoms with E-state index in [1.807, 2.05) is 49.4 Å².